The Hall–Kier alpha value is -2.93. The number of carbonyl (C=O) groups excluding carboxylic acids is 1. The van der Waals surface area contributed by atoms with E-state index in [4.69, 9.17) is 9.47 Å². The Labute approximate surface area is 175 Å². The third kappa shape index (κ3) is 5.32. The van der Waals surface area contributed by atoms with Gasteiger partial charge in [0.25, 0.3) is 0 Å². The molecule has 1 unspecified atom stereocenters. The molecule has 0 saturated carbocycles. The smallest absolute Gasteiger partial charge is 0.360 e. The number of hydrogen-bond donors (Lipinski definition) is 1. The van der Waals surface area contributed by atoms with Gasteiger partial charge in [-0.15, -0.1) is 11.8 Å². The number of hydrogen-bond acceptors (Lipinski definition) is 6. The van der Waals surface area contributed by atoms with E-state index in [0.717, 1.165) is 22.0 Å². The van der Waals surface area contributed by atoms with Gasteiger partial charge in [0.2, 0.25) is 0 Å². The van der Waals surface area contributed by atoms with Crippen molar-refractivity contribution in [2.45, 2.75) is 17.9 Å². The van der Waals surface area contributed by atoms with Crippen LogP contribution in [0, 0.1) is 0 Å². The molecule has 0 aliphatic carbocycles. The van der Waals surface area contributed by atoms with Gasteiger partial charge in [0.15, 0.2) is 5.69 Å². The summed E-state index contributed by atoms with van der Waals surface area (Å²) < 4.78 is 11.9. The minimum Gasteiger partial charge on any atom is -0.497 e. The summed E-state index contributed by atoms with van der Waals surface area (Å²) in [5.74, 6) is 1.21. The summed E-state index contributed by atoms with van der Waals surface area (Å²) >= 11 is 1.71. The van der Waals surface area contributed by atoms with E-state index in [0.29, 0.717) is 17.9 Å². The average Bonchev–Trinajstić information content (AvgIpc) is 3.20. The molecule has 0 amide bonds. The number of carbonyl (C=O) groups is 1. The van der Waals surface area contributed by atoms with Crippen molar-refractivity contribution in [3.05, 3.63) is 72.1 Å². The number of anilines is 1. The lowest BCUT2D eigenvalue weighted by Gasteiger charge is -2.12. The fourth-order valence-electron chi connectivity index (χ4n) is 2.90. The highest BCUT2D eigenvalue weighted by atomic mass is 32.2. The summed E-state index contributed by atoms with van der Waals surface area (Å²) in [5, 5.41) is 7.79. The van der Waals surface area contributed by atoms with E-state index < -0.39 is 5.97 Å². The summed E-state index contributed by atoms with van der Waals surface area (Å²) in [4.78, 5) is 13.3. The first-order valence-corrected chi connectivity index (χ1v) is 10.3. The second kappa shape index (κ2) is 10.0. The largest absolute Gasteiger partial charge is 0.497 e. The molecule has 152 valence electrons. The van der Waals surface area contributed by atoms with Crippen LogP contribution in [0.2, 0.25) is 0 Å². The van der Waals surface area contributed by atoms with Crippen LogP contribution in [-0.2, 0) is 4.74 Å². The van der Waals surface area contributed by atoms with E-state index in [1.807, 2.05) is 67.7 Å². The molecule has 0 fully saturated rings. The molecule has 0 saturated heterocycles. The molecule has 0 aliphatic rings. The molecule has 7 heteroatoms. The summed E-state index contributed by atoms with van der Waals surface area (Å²) in [7, 11) is 3.03. The van der Waals surface area contributed by atoms with Gasteiger partial charge in [-0.2, -0.15) is 5.10 Å². The lowest BCUT2D eigenvalue weighted by molar-refractivity contribution is 0.0594. The van der Waals surface area contributed by atoms with Crippen LogP contribution in [0.4, 0.5) is 5.69 Å². The maximum atomic E-state index is 12.2. The van der Waals surface area contributed by atoms with Gasteiger partial charge in [0, 0.05) is 23.4 Å². The van der Waals surface area contributed by atoms with Gasteiger partial charge in [-0.25, -0.2) is 4.79 Å². The summed E-state index contributed by atoms with van der Waals surface area (Å²) in [6.45, 7) is 2.73. The van der Waals surface area contributed by atoms with Gasteiger partial charge < -0.3 is 14.8 Å². The van der Waals surface area contributed by atoms with Crippen molar-refractivity contribution in [1.82, 2.24) is 9.78 Å². The van der Waals surface area contributed by atoms with E-state index in [1.165, 1.54) is 7.11 Å². The molecule has 0 spiro atoms. The Morgan fingerprint density at radius 1 is 1.17 bits per heavy atom. The van der Waals surface area contributed by atoms with E-state index in [1.54, 1.807) is 23.6 Å². The Bertz CT molecular complexity index is 943. The third-order valence-corrected chi connectivity index (χ3v) is 5.51. The van der Waals surface area contributed by atoms with Gasteiger partial charge in [0.05, 0.1) is 25.9 Å². The number of esters is 1. The van der Waals surface area contributed by atoms with E-state index >= 15 is 0 Å². The monoisotopic (exact) mass is 411 g/mol. The van der Waals surface area contributed by atoms with Crippen LogP contribution >= 0.6 is 11.8 Å². The van der Waals surface area contributed by atoms with Gasteiger partial charge >= 0.3 is 5.97 Å². The number of nitrogens with zero attached hydrogens (tertiary/aromatic N) is 2. The first-order chi connectivity index (χ1) is 14.1. The molecule has 1 heterocycles. The van der Waals surface area contributed by atoms with Gasteiger partial charge in [-0.3, -0.25) is 4.68 Å². The Kier molecular flexibility index (Phi) is 7.19. The number of rotatable bonds is 9. The van der Waals surface area contributed by atoms with Gasteiger partial charge in [0.1, 0.15) is 5.75 Å². The fourth-order valence-corrected chi connectivity index (χ4v) is 3.71. The Balaban J connectivity index is 1.67. The molecular weight excluding hydrogens is 386 g/mol. The van der Waals surface area contributed by atoms with Crippen LogP contribution in [0.1, 0.15) is 29.0 Å². The molecule has 0 bridgehead atoms. The molecule has 2 aromatic carbocycles. The van der Waals surface area contributed by atoms with Crippen LogP contribution in [0.3, 0.4) is 0 Å². The molecule has 3 rings (SSSR count). The second-order valence-corrected chi connectivity index (χ2v) is 7.57. The molecule has 1 aromatic heterocycles. The van der Waals surface area contributed by atoms with Crippen LogP contribution < -0.4 is 10.1 Å². The molecule has 3 aromatic rings. The summed E-state index contributed by atoms with van der Waals surface area (Å²) in [6.07, 6.45) is 1.86. The number of ether oxygens (including phenoxy) is 2. The lowest BCUT2D eigenvalue weighted by Crippen LogP contribution is -2.11. The van der Waals surface area contributed by atoms with Crippen molar-refractivity contribution in [2.24, 2.45) is 0 Å². The van der Waals surface area contributed by atoms with Crippen LogP contribution in [0.5, 0.6) is 5.75 Å². The predicted octanol–water partition coefficient (Wildman–Crippen LogP) is 4.49. The minimum absolute atomic E-state index is 0.00122. The Morgan fingerprint density at radius 2 is 1.97 bits per heavy atom. The van der Waals surface area contributed by atoms with Gasteiger partial charge in [-0.1, -0.05) is 36.4 Å². The zero-order chi connectivity index (χ0) is 20.6. The highest BCUT2D eigenvalue weighted by Crippen LogP contribution is 2.24. The fraction of sp³-hybridized carbons (Fsp3) is 0.273. The zero-order valence-corrected chi connectivity index (χ0v) is 17.6. The summed E-state index contributed by atoms with van der Waals surface area (Å²) in [6, 6.07) is 18.0. The quantitative estimate of drug-likeness (QED) is 0.318. The normalized spacial score (nSPS) is 11.7. The Morgan fingerprint density at radius 3 is 2.69 bits per heavy atom. The topological polar surface area (TPSA) is 65.4 Å². The molecule has 0 radical (unpaired) electrons. The minimum atomic E-state index is -0.452. The van der Waals surface area contributed by atoms with E-state index in [9.17, 15) is 4.79 Å². The van der Waals surface area contributed by atoms with Crippen LogP contribution in [-0.4, -0.2) is 42.3 Å². The second-order valence-electron chi connectivity index (χ2n) is 6.40. The number of nitrogens with one attached hydrogen (secondary N) is 1. The molecular formula is C22H25N3O3S. The van der Waals surface area contributed by atoms with Gasteiger partial charge in [-0.05, 0) is 30.7 Å². The third-order valence-electron chi connectivity index (χ3n) is 4.52. The van der Waals surface area contributed by atoms with E-state index in [-0.39, 0.29) is 6.04 Å². The van der Waals surface area contributed by atoms with Crippen molar-refractivity contribution in [2.75, 3.05) is 31.8 Å². The van der Waals surface area contributed by atoms with Crippen molar-refractivity contribution >= 4 is 23.4 Å². The number of methoxy groups -OCH3 is 2. The molecule has 6 nitrogen and oxygen atoms in total. The lowest BCUT2D eigenvalue weighted by atomic mass is 10.1. The van der Waals surface area contributed by atoms with Crippen molar-refractivity contribution in [3.63, 3.8) is 0 Å². The first kappa shape index (κ1) is 20.8. The van der Waals surface area contributed by atoms with Crippen molar-refractivity contribution in [3.8, 4) is 5.75 Å². The van der Waals surface area contributed by atoms with Crippen molar-refractivity contribution < 1.29 is 14.3 Å². The SMILES string of the molecule is COC(=O)c1nn(C(C)c2ccccc2)cc1NCCSc1cccc(OC)c1. The molecule has 1 N–H and O–H groups in total. The summed E-state index contributed by atoms with van der Waals surface area (Å²) in [5.41, 5.74) is 2.08. The highest BCUT2D eigenvalue weighted by molar-refractivity contribution is 7.99. The zero-order valence-electron chi connectivity index (χ0n) is 16.8. The number of benzene rings is 2. The van der Waals surface area contributed by atoms with Crippen LogP contribution in [0.15, 0.2) is 65.7 Å². The average molecular weight is 412 g/mol. The maximum Gasteiger partial charge on any atom is 0.360 e. The van der Waals surface area contributed by atoms with Crippen LogP contribution in [0.25, 0.3) is 0 Å². The number of thioether (sulfide) groups is 1. The first-order valence-electron chi connectivity index (χ1n) is 9.35. The molecule has 0 aliphatic heterocycles. The molecule has 1 atom stereocenters. The van der Waals surface area contributed by atoms with Crippen molar-refractivity contribution in [1.29, 1.82) is 0 Å². The standard InChI is InChI=1S/C22H25N3O3S/c1-16(17-8-5-4-6-9-17)25-15-20(21(24-25)22(26)28-3)23-12-13-29-19-11-7-10-18(14-19)27-2/h4-11,14-16,23H,12-13H2,1-3H3. The number of aromatic nitrogens is 2. The highest BCUT2D eigenvalue weighted by Gasteiger charge is 2.20. The predicted molar refractivity (Wildman–Crippen MR) is 116 cm³/mol. The van der Waals surface area contributed by atoms with E-state index in [2.05, 4.69) is 10.4 Å². The maximum absolute atomic E-state index is 12.2. The molecule has 29 heavy (non-hydrogen) atoms.